The molecule has 0 bridgehead atoms. The van der Waals surface area contributed by atoms with E-state index < -0.39 is 10.0 Å². The molecular formula is C12H11NO3S. The number of rotatable bonds is 3. The topological polar surface area (TPSA) is 56.1 Å². The minimum Gasteiger partial charge on any atom is -0.295 e. The Hall–Kier alpha value is -1.88. The molecule has 2 aromatic rings. The molecule has 0 atom stereocenters. The molecular weight excluding hydrogens is 238 g/mol. The van der Waals surface area contributed by atoms with Crippen LogP contribution >= 0.6 is 0 Å². The molecule has 1 aromatic heterocycles. The van der Waals surface area contributed by atoms with Crippen LogP contribution in [0, 0.1) is 0 Å². The summed E-state index contributed by atoms with van der Waals surface area (Å²) < 4.78 is 25.4. The summed E-state index contributed by atoms with van der Waals surface area (Å²) in [5, 5.41) is 0. The van der Waals surface area contributed by atoms with Crippen molar-refractivity contribution in [1.82, 2.24) is 3.97 Å². The van der Waals surface area contributed by atoms with Crippen molar-refractivity contribution in [3.63, 3.8) is 0 Å². The van der Waals surface area contributed by atoms with Crippen LogP contribution in [0.5, 0.6) is 0 Å². The van der Waals surface area contributed by atoms with E-state index in [1.807, 2.05) is 0 Å². The van der Waals surface area contributed by atoms with Crippen molar-refractivity contribution in [3.05, 3.63) is 54.4 Å². The summed E-state index contributed by atoms with van der Waals surface area (Å²) in [6.45, 7) is 1.40. The number of benzene rings is 1. The van der Waals surface area contributed by atoms with Crippen LogP contribution < -0.4 is 0 Å². The Morgan fingerprint density at radius 1 is 1.12 bits per heavy atom. The van der Waals surface area contributed by atoms with E-state index in [2.05, 4.69) is 0 Å². The van der Waals surface area contributed by atoms with E-state index in [1.54, 1.807) is 24.3 Å². The second kappa shape index (κ2) is 4.18. The Morgan fingerprint density at radius 2 is 1.76 bits per heavy atom. The number of Topliss-reactive ketones (excluding diaryl/α,β-unsaturated/α-hetero) is 1. The van der Waals surface area contributed by atoms with Gasteiger partial charge in [0, 0.05) is 18.0 Å². The maximum absolute atomic E-state index is 12.1. The lowest BCUT2D eigenvalue weighted by Crippen LogP contribution is -2.11. The molecule has 0 unspecified atom stereocenters. The summed E-state index contributed by atoms with van der Waals surface area (Å²) in [5.41, 5.74) is 0.387. The van der Waals surface area contributed by atoms with Gasteiger partial charge in [-0.15, -0.1) is 0 Å². The van der Waals surface area contributed by atoms with Crippen molar-refractivity contribution in [2.45, 2.75) is 11.8 Å². The highest BCUT2D eigenvalue weighted by atomic mass is 32.2. The summed E-state index contributed by atoms with van der Waals surface area (Å²) in [6.07, 6.45) is 2.91. The zero-order valence-electron chi connectivity index (χ0n) is 9.20. The smallest absolute Gasteiger partial charge is 0.267 e. The highest BCUT2D eigenvalue weighted by Crippen LogP contribution is 2.15. The lowest BCUT2D eigenvalue weighted by molar-refractivity contribution is 0.101. The van der Waals surface area contributed by atoms with E-state index in [0.717, 1.165) is 3.97 Å². The minimum absolute atomic E-state index is 0.112. The van der Waals surface area contributed by atoms with Gasteiger partial charge in [0.15, 0.2) is 5.78 Å². The number of nitrogens with zero attached hydrogens (tertiary/aromatic N) is 1. The molecule has 0 amide bonds. The molecule has 1 heterocycles. The van der Waals surface area contributed by atoms with Crippen molar-refractivity contribution in [3.8, 4) is 0 Å². The average Bonchev–Trinajstić information content (AvgIpc) is 2.83. The highest BCUT2D eigenvalue weighted by Gasteiger charge is 2.16. The first-order valence-electron chi connectivity index (χ1n) is 5.01. The Balaban J connectivity index is 2.55. The predicted octanol–water partition coefficient (Wildman–Crippen LogP) is 1.93. The Morgan fingerprint density at radius 3 is 2.35 bits per heavy atom. The van der Waals surface area contributed by atoms with Gasteiger partial charge in [0.05, 0.1) is 4.90 Å². The molecule has 0 spiro atoms. The molecule has 88 valence electrons. The van der Waals surface area contributed by atoms with E-state index in [-0.39, 0.29) is 10.7 Å². The molecule has 0 aliphatic carbocycles. The van der Waals surface area contributed by atoms with E-state index >= 15 is 0 Å². The average molecular weight is 249 g/mol. The molecule has 0 radical (unpaired) electrons. The van der Waals surface area contributed by atoms with Gasteiger partial charge in [-0.2, -0.15) is 0 Å². The normalized spacial score (nSPS) is 11.4. The fraction of sp³-hybridized carbons (Fsp3) is 0.0833. The lowest BCUT2D eigenvalue weighted by Gasteiger charge is -2.06. The van der Waals surface area contributed by atoms with Crippen LogP contribution in [0.25, 0.3) is 0 Å². The van der Waals surface area contributed by atoms with Gasteiger partial charge < -0.3 is 0 Å². The number of hydrogen-bond acceptors (Lipinski definition) is 3. The summed E-state index contributed by atoms with van der Waals surface area (Å²) >= 11 is 0. The Labute approximate surface area is 99.6 Å². The number of carbonyl (C=O) groups excluding carboxylic acids is 1. The lowest BCUT2D eigenvalue weighted by atomic mass is 10.2. The van der Waals surface area contributed by atoms with Crippen LogP contribution in [-0.4, -0.2) is 18.2 Å². The van der Waals surface area contributed by atoms with Gasteiger partial charge in [-0.3, -0.25) is 4.79 Å². The zero-order chi connectivity index (χ0) is 12.5. The third-order valence-electron chi connectivity index (χ3n) is 2.39. The van der Waals surface area contributed by atoms with Crippen molar-refractivity contribution in [1.29, 1.82) is 0 Å². The van der Waals surface area contributed by atoms with Gasteiger partial charge in [-0.1, -0.05) is 12.1 Å². The Bertz CT molecular complexity index is 642. The number of carbonyl (C=O) groups is 1. The molecule has 5 heteroatoms. The van der Waals surface area contributed by atoms with Gasteiger partial charge >= 0.3 is 0 Å². The van der Waals surface area contributed by atoms with E-state index in [0.29, 0.717) is 5.56 Å². The first-order valence-corrected chi connectivity index (χ1v) is 6.45. The second-order valence-electron chi connectivity index (χ2n) is 3.60. The van der Waals surface area contributed by atoms with Crippen LogP contribution in [0.4, 0.5) is 0 Å². The SMILES string of the molecule is CC(=O)c1cccc(S(=O)(=O)n2cccc2)c1. The monoisotopic (exact) mass is 249 g/mol. The Kier molecular flexibility index (Phi) is 2.85. The largest absolute Gasteiger partial charge is 0.295 e. The molecule has 17 heavy (non-hydrogen) atoms. The molecule has 4 nitrogen and oxygen atoms in total. The maximum atomic E-state index is 12.1. The van der Waals surface area contributed by atoms with Gasteiger partial charge in [-0.05, 0) is 31.2 Å². The number of ketones is 1. The van der Waals surface area contributed by atoms with Crippen molar-refractivity contribution in [2.75, 3.05) is 0 Å². The third-order valence-corrected chi connectivity index (χ3v) is 4.04. The first-order chi connectivity index (χ1) is 8.01. The predicted molar refractivity (Wildman–Crippen MR) is 63.5 cm³/mol. The fourth-order valence-corrected chi connectivity index (χ4v) is 2.71. The fourth-order valence-electron chi connectivity index (χ4n) is 1.48. The quantitative estimate of drug-likeness (QED) is 0.781. The summed E-state index contributed by atoms with van der Waals surface area (Å²) in [4.78, 5) is 11.3. The molecule has 0 aliphatic rings. The standard InChI is InChI=1S/C12H11NO3S/c1-10(14)11-5-4-6-12(9-11)17(15,16)13-7-2-3-8-13/h2-9H,1H3. The van der Waals surface area contributed by atoms with Crippen LogP contribution in [-0.2, 0) is 10.0 Å². The van der Waals surface area contributed by atoms with Crippen LogP contribution in [0.1, 0.15) is 17.3 Å². The number of aromatic nitrogens is 1. The van der Waals surface area contributed by atoms with Crippen LogP contribution in [0.2, 0.25) is 0 Å². The maximum Gasteiger partial charge on any atom is 0.267 e. The summed E-state index contributed by atoms with van der Waals surface area (Å²) in [7, 11) is -3.59. The number of hydrogen-bond donors (Lipinski definition) is 0. The van der Waals surface area contributed by atoms with Crippen molar-refractivity contribution < 1.29 is 13.2 Å². The molecule has 0 saturated carbocycles. The minimum atomic E-state index is -3.59. The van der Waals surface area contributed by atoms with Gasteiger partial charge in [-0.25, -0.2) is 12.4 Å². The molecule has 0 aliphatic heterocycles. The third kappa shape index (κ3) is 2.14. The van der Waals surface area contributed by atoms with Crippen LogP contribution in [0.15, 0.2) is 53.7 Å². The van der Waals surface area contributed by atoms with Crippen molar-refractivity contribution >= 4 is 15.8 Å². The van der Waals surface area contributed by atoms with Crippen LogP contribution in [0.3, 0.4) is 0 Å². The van der Waals surface area contributed by atoms with Gasteiger partial charge in [0.1, 0.15) is 0 Å². The molecule has 1 aromatic carbocycles. The second-order valence-corrected chi connectivity index (χ2v) is 5.45. The molecule has 0 N–H and O–H groups in total. The van der Waals surface area contributed by atoms with Gasteiger partial charge in [0.2, 0.25) is 0 Å². The zero-order valence-corrected chi connectivity index (χ0v) is 10.0. The van der Waals surface area contributed by atoms with E-state index in [9.17, 15) is 13.2 Å². The molecule has 2 rings (SSSR count). The summed E-state index contributed by atoms with van der Waals surface area (Å²) in [6, 6.07) is 9.28. The first kappa shape index (κ1) is 11.6. The van der Waals surface area contributed by atoms with Gasteiger partial charge in [0.25, 0.3) is 10.0 Å². The molecule has 0 fully saturated rings. The van der Waals surface area contributed by atoms with E-state index in [1.165, 1.54) is 31.5 Å². The molecule has 0 saturated heterocycles. The highest BCUT2D eigenvalue weighted by molar-refractivity contribution is 7.90. The summed E-state index contributed by atoms with van der Waals surface area (Å²) in [5.74, 6) is -0.158. The van der Waals surface area contributed by atoms with Crippen molar-refractivity contribution in [2.24, 2.45) is 0 Å². The van der Waals surface area contributed by atoms with E-state index in [4.69, 9.17) is 0 Å².